The molecule has 2 unspecified atom stereocenters. The zero-order valence-electron chi connectivity index (χ0n) is 10.00. The zero-order valence-corrected chi connectivity index (χ0v) is 10.8. The van der Waals surface area contributed by atoms with E-state index in [1.54, 1.807) is 38.2 Å². The third kappa shape index (κ3) is 6.84. The predicted octanol–water partition coefficient (Wildman–Crippen LogP) is 2.27. The summed E-state index contributed by atoms with van der Waals surface area (Å²) in [6.45, 7) is 3.53. The molecule has 2 atom stereocenters. The van der Waals surface area contributed by atoms with Gasteiger partial charge >= 0.3 is 11.9 Å². The summed E-state index contributed by atoms with van der Waals surface area (Å²) in [4.78, 5) is 21.7. The average molecular weight is 258 g/mol. The van der Waals surface area contributed by atoms with E-state index < -0.39 is 23.8 Å². The van der Waals surface area contributed by atoms with E-state index in [2.05, 4.69) is 0 Å². The normalized spacial score (nSPS) is 15.2. The molecule has 0 aliphatic carbocycles. The SMILES string of the molecule is CC=CC(CSCC(C=CC)C(=O)O)C(=O)O. The minimum atomic E-state index is -0.881. The Morgan fingerprint density at radius 1 is 1.00 bits per heavy atom. The van der Waals surface area contributed by atoms with Crippen LogP contribution < -0.4 is 0 Å². The Balaban J connectivity index is 4.18. The number of thioether (sulfide) groups is 1. The molecule has 0 radical (unpaired) electrons. The number of carboxylic acids is 2. The minimum absolute atomic E-state index is 0.390. The molecule has 0 bridgehead atoms. The highest BCUT2D eigenvalue weighted by Crippen LogP contribution is 2.15. The van der Waals surface area contributed by atoms with Crippen LogP contribution in [-0.2, 0) is 9.59 Å². The second kappa shape index (κ2) is 8.87. The van der Waals surface area contributed by atoms with Crippen LogP contribution in [0.15, 0.2) is 24.3 Å². The highest BCUT2D eigenvalue weighted by molar-refractivity contribution is 7.99. The van der Waals surface area contributed by atoms with Crippen molar-refractivity contribution in [2.45, 2.75) is 13.8 Å². The maximum Gasteiger partial charge on any atom is 0.311 e. The highest BCUT2D eigenvalue weighted by atomic mass is 32.2. The second-order valence-corrected chi connectivity index (χ2v) is 4.55. The van der Waals surface area contributed by atoms with E-state index in [1.807, 2.05) is 0 Å². The minimum Gasteiger partial charge on any atom is -0.481 e. The van der Waals surface area contributed by atoms with Crippen molar-refractivity contribution in [2.75, 3.05) is 11.5 Å². The van der Waals surface area contributed by atoms with Gasteiger partial charge in [-0.15, -0.1) is 0 Å². The van der Waals surface area contributed by atoms with Crippen molar-refractivity contribution >= 4 is 23.7 Å². The van der Waals surface area contributed by atoms with Gasteiger partial charge in [0.2, 0.25) is 0 Å². The van der Waals surface area contributed by atoms with E-state index in [0.29, 0.717) is 11.5 Å². The molecule has 0 spiro atoms. The van der Waals surface area contributed by atoms with E-state index in [1.165, 1.54) is 11.8 Å². The maximum absolute atomic E-state index is 10.8. The van der Waals surface area contributed by atoms with Crippen molar-refractivity contribution in [3.05, 3.63) is 24.3 Å². The molecule has 17 heavy (non-hydrogen) atoms. The molecule has 96 valence electrons. The number of hydrogen-bond acceptors (Lipinski definition) is 3. The Kier molecular flexibility index (Phi) is 8.23. The van der Waals surface area contributed by atoms with Crippen LogP contribution in [0.3, 0.4) is 0 Å². The fourth-order valence-corrected chi connectivity index (χ4v) is 2.36. The smallest absolute Gasteiger partial charge is 0.311 e. The summed E-state index contributed by atoms with van der Waals surface area (Å²) in [6.07, 6.45) is 6.61. The first-order valence-electron chi connectivity index (χ1n) is 5.31. The topological polar surface area (TPSA) is 74.6 Å². The van der Waals surface area contributed by atoms with Gasteiger partial charge in [0, 0.05) is 11.5 Å². The molecule has 2 N–H and O–H groups in total. The molecular weight excluding hydrogens is 240 g/mol. The van der Waals surface area contributed by atoms with Crippen LogP contribution in [0.2, 0.25) is 0 Å². The van der Waals surface area contributed by atoms with Gasteiger partial charge in [-0.1, -0.05) is 24.3 Å². The van der Waals surface area contributed by atoms with Gasteiger partial charge in [0.25, 0.3) is 0 Å². The number of allylic oxidation sites excluding steroid dienone is 2. The summed E-state index contributed by atoms with van der Waals surface area (Å²) < 4.78 is 0. The maximum atomic E-state index is 10.8. The number of carbonyl (C=O) groups is 2. The fraction of sp³-hybridized carbons (Fsp3) is 0.500. The third-order valence-corrected chi connectivity index (χ3v) is 3.27. The van der Waals surface area contributed by atoms with E-state index in [-0.39, 0.29) is 0 Å². The molecule has 0 amide bonds. The van der Waals surface area contributed by atoms with Crippen molar-refractivity contribution < 1.29 is 19.8 Å². The van der Waals surface area contributed by atoms with Crippen molar-refractivity contribution in [3.8, 4) is 0 Å². The first-order chi connectivity index (χ1) is 8.02. The first kappa shape index (κ1) is 15.8. The van der Waals surface area contributed by atoms with Crippen molar-refractivity contribution in [1.82, 2.24) is 0 Å². The molecule has 4 nitrogen and oxygen atoms in total. The lowest BCUT2D eigenvalue weighted by molar-refractivity contribution is -0.140. The van der Waals surface area contributed by atoms with Gasteiger partial charge in [0.15, 0.2) is 0 Å². The largest absolute Gasteiger partial charge is 0.481 e. The van der Waals surface area contributed by atoms with Crippen LogP contribution in [0.5, 0.6) is 0 Å². The Morgan fingerprint density at radius 3 is 1.59 bits per heavy atom. The number of hydrogen-bond donors (Lipinski definition) is 2. The van der Waals surface area contributed by atoms with E-state index >= 15 is 0 Å². The Labute approximate surface area is 105 Å². The van der Waals surface area contributed by atoms with Crippen LogP contribution >= 0.6 is 11.8 Å². The van der Waals surface area contributed by atoms with Crippen molar-refractivity contribution in [1.29, 1.82) is 0 Å². The first-order valence-corrected chi connectivity index (χ1v) is 6.47. The molecule has 0 aliphatic heterocycles. The van der Waals surface area contributed by atoms with Gasteiger partial charge in [0.05, 0.1) is 11.8 Å². The lowest BCUT2D eigenvalue weighted by atomic mass is 10.2. The summed E-state index contributed by atoms with van der Waals surface area (Å²) in [5.74, 6) is -2.08. The van der Waals surface area contributed by atoms with Gasteiger partial charge < -0.3 is 10.2 Å². The van der Waals surface area contributed by atoms with Crippen molar-refractivity contribution in [3.63, 3.8) is 0 Å². The molecule has 0 aromatic carbocycles. The molecule has 0 fully saturated rings. The standard InChI is InChI=1S/C12H18O4S/c1-3-5-9(11(13)14)7-17-8-10(6-4-2)12(15)16/h3-6,9-10H,7-8H2,1-2H3,(H,13,14)(H,15,16). The van der Waals surface area contributed by atoms with E-state index in [9.17, 15) is 9.59 Å². The third-order valence-electron chi connectivity index (χ3n) is 2.08. The Morgan fingerprint density at radius 2 is 1.35 bits per heavy atom. The zero-order chi connectivity index (χ0) is 13.3. The molecule has 0 saturated heterocycles. The molecular formula is C12H18O4S. The Bertz CT molecular complexity index is 280. The monoisotopic (exact) mass is 258 g/mol. The van der Waals surface area contributed by atoms with E-state index in [0.717, 1.165) is 0 Å². The lowest BCUT2D eigenvalue weighted by Crippen LogP contribution is -2.17. The molecule has 0 rings (SSSR count). The van der Waals surface area contributed by atoms with Crippen LogP contribution in [0.25, 0.3) is 0 Å². The van der Waals surface area contributed by atoms with Crippen LogP contribution in [0, 0.1) is 11.8 Å². The number of aliphatic carboxylic acids is 2. The summed E-state index contributed by atoms with van der Waals surface area (Å²) in [7, 11) is 0. The number of carboxylic acid groups (broad SMARTS) is 2. The van der Waals surface area contributed by atoms with E-state index in [4.69, 9.17) is 10.2 Å². The molecule has 0 aromatic heterocycles. The summed E-state index contributed by atoms with van der Waals surface area (Å²) in [5.41, 5.74) is 0. The molecule has 0 aromatic rings. The van der Waals surface area contributed by atoms with Crippen LogP contribution in [0.1, 0.15) is 13.8 Å². The van der Waals surface area contributed by atoms with Gasteiger partial charge in [-0.05, 0) is 13.8 Å². The highest BCUT2D eigenvalue weighted by Gasteiger charge is 2.17. The summed E-state index contributed by atoms with van der Waals surface area (Å²) >= 11 is 1.34. The summed E-state index contributed by atoms with van der Waals surface area (Å²) in [6, 6.07) is 0. The quantitative estimate of drug-likeness (QED) is 0.653. The lowest BCUT2D eigenvalue weighted by Gasteiger charge is -2.10. The second-order valence-electron chi connectivity index (χ2n) is 3.48. The van der Waals surface area contributed by atoms with Gasteiger partial charge in [-0.2, -0.15) is 11.8 Å². The molecule has 5 heteroatoms. The fourth-order valence-electron chi connectivity index (χ4n) is 1.20. The Hall–Kier alpha value is -1.23. The molecule has 0 saturated carbocycles. The number of rotatable bonds is 8. The van der Waals surface area contributed by atoms with Gasteiger partial charge in [-0.25, -0.2) is 0 Å². The van der Waals surface area contributed by atoms with Crippen LogP contribution in [0.4, 0.5) is 0 Å². The van der Waals surface area contributed by atoms with Crippen molar-refractivity contribution in [2.24, 2.45) is 11.8 Å². The summed E-state index contributed by atoms with van der Waals surface area (Å²) in [5, 5.41) is 17.8. The van der Waals surface area contributed by atoms with Gasteiger partial charge in [0.1, 0.15) is 0 Å². The predicted molar refractivity (Wildman–Crippen MR) is 69.2 cm³/mol. The van der Waals surface area contributed by atoms with Gasteiger partial charge in [-0.3, -0.25) is 9.59 Å². The molecule has 0 aliphatic rings. The molecule has 0 heterocycles. The average Bonchev–Trinajstić information content (AvgIpc) is 2.26. The van der Waals surface area contributed by atoms with Crippen LogP contribution in [-0.4, -0.2) is 33.7 Å².